The molecule has 1 N–H and O–H groups in total. The van der Waals surface area contributed by atoms with Crippen molar-refractivity contribution >= 4 is 33.2 Å². The Balaban J connectivity index is 1.30. The summed E-state index contributed by atoms with van der Waals surface area (Å²) < 4.78 is 70.4. The molecule has 0 amide bonds. The van der Waals surface area contributed by atoms with Gasteiger partial charge in [-0.15, -0.1) is 23.2 Å². The molecular formula is C28H43Cl2F3N2O3S. The molecule has 4 fully saturated rings. The number of halogens is 5. The summed E-state index contributed by atoms with van der Waals surface area (Å²) in [5, 5.41) is 8.92. The van der Waals surface area contributed by atoms with Gasteiger partial charge in [0.1, 0.15) is 0 Å². The summed E-state index contributed by atoms with van der Waals surface area (Å²) in [7, 11) is -4.15. The first-order valence-corrected chi connectivity index (χ1v) is 17.3. The predicted molar refractivity (Wildman–Crippen MR) is 148 cm³/mol. The summed E-state index contributed by atoms with van der Waals surface area (Å²) in [4.78, 5) is 2.16. The van der Waals surface area contributed by atoms with E-state index < -0.39 is 27.4 Å². The van der Waals surface area contributed by atoms with E-state index in [0.717, 1.165) is 44.9 Å². The lowest BCUT2D eigenvalue weighted by atomic mass is 9.63. The number of hydrogen-bond acceptors (Lipinski definition) is 4. The van der Waals surface area contributed by atoms with Crippen LogP contribution >= 0.6 is 23.2 Å². The maximum atomic E-state index is 13.8. The minimum Gasteiger partial charge on any atom is -0.395 e. The highest BCUT2D eigenvalue weighted by molar-refractivity contribution is 7.89. The van der Waals surface area contributed by atoms with Crippen LogP contribution in [-0.4, -0.2) is 83.2 Å². The Bertz CT molecular complexity index is 976. The topological polar surface area (TPSA) is 60.9 Å². The molecule has 3 aliphatic carbocycles. The van der Waals surface area contributed by atoms with Crippen molar-refractivity contribution in [2.24, 2.45) is 29.6 Å². The van der Waals surface area contributed by atoms with Crippen LogP contribution in [0.4, 0.5) is 13.2 Å². The van der Waals surface area contributed by atoms with Gasteiger partial charge in [0.15, 0.2) is 0 Å². The van der Waals surface area contributed by atoms with Crippen molar-refractivity contribution in [2.45, 2.75) is 105 Å². The molecular weight excluding hydrogens is 572 g/mol. The molecule has 11 heteroatoms. The standard InChI is InChI=1S/C28H43Cl2F3N2O3S/c29-22-8-5-6-20(27(22)30)18-10-12-19(13-11-18)26-23-16-34(14-3-4-15-35(23)24(26)17-36)39(37,38)25-9-2-1-7-21(25)28(31,32)33/h3-4,18-27,36H,1-2,5-17H2/b4-3-/t18?,19?,20?,21?,22?,23?,24-,25?,26+,27?/m1/s1. The second-order valence-corrected chi connectivity index (χ2v) is 15.8. The van der Waals surface area contributed by atoms with E-state index in [4.69, 9.17) is 23.2 Å². The third-order valence-corrected chi connectivity index (χ3v) is 14.3. The molecule has 0 bridgehead atoms. The van der Waals surface area contributed by atoms with Gasteiger partial charge in [-0.2, -0.15) is 17.5 Å². The molecule has 0 radical (unpaired) electrons. The van der Waals surface area contributed by atoms with Gasteiger partial charge in [-0.3, -0.25) is 4.90 Å². The van der Waals surface area contributed by atoms with Crippen LogP contribution in [0.15, 0.2) is 12.2 Å². The normalized spacial score (nSPS) is 44.1. The van der Waals surface area contributed by atoms with Crippen molar-refractivity contribution in [3.8, 4) is 0 Å². The fraction of sp³-hybridized carbons (Fsp3) is 0.929. The molecule has 39 heavy (non-hydrogen) atoms. The van der Waals surface area contributed by atoms with Gasteiger partial charge in [0.25, 0.3) is 0 Å². The number of aliphatic hydroxyl groups excluding tert-OH is 1. The van der Waals surface area contributed by atoms with Crippen LogP contribution in [-0.2, 0) is 10.0 Å². The monoisotopic (exact) mass is 614 g/mol. The summed E-state index contributed by atoms with van der Waals surface area (Å²) >= 11 is 13.2. The zero-order chi connectivity index (χ0) is 27.9. The molecule has 0 spiro atoms. The first kappa shape index (κ1) is 30.4. The van der Waals surface area contributed by atoms with Crippen molar-refractivity contribution in [3.05, 3.63) is 12.2 Å². The van der Waals surface area contributed by atoms with Gasteiger partial charge in [-0.05, 0) is 75.0 Å². The molecule has 6 unspecified atom stereocenters. The largest absolute Gasteiger partial charge is 0.395 e. The number of alkyl halides is 5. The number of rotatable bonds is 5. The number of hydrogen-bond donors (Lipinski definition) is 1. The Morgan fingerprint density at radius 3 is 2.23 bits per heavy atom. The molecule has 8 atom stereocenters. The predicted octanol–water partition coefficient (Wildman–Crippen LogP) is 5.79. The van der Waals surface area contributed by atoms with E-state index in [2.05, 4.69) is 4.90 Å². The minimum absolute atomic E-state index is 0.000759. The Kier molecular flexibility index (Phi) is 9.57. The highest BCUT2D eigenvalue weighted by Gasteiger charge is 2.55. The summed E-state index contributed by atoms with van der Waals surface area (Å²) in [6, 6.07) is -0.150. The third kappa shape index (κ3) is 6.06. The number of aliphatic hydroxyl groups is 1. The Morgan fingerprint density at radius 1 is 0.872 bits per heavy atom. The van der Waals surface area contributed by atoms with Gasteiger partial charge in [-0.1, -0.05) is 31.4 Å². The third-order valence-electron chi connectivity index (χ3n) is 10.7. The summed E-state index contributed by atoms with van der Waals surface area (Å²) in [5.74, 6) is -0.354. The number of nitrogens with zero attached hydrogens (tertiary/aromatic N) is 2. The summed E-state index contributed by atoms with van der Waals surface area (Å²) in [6.45, 7) is 0.919. The van der Waals surface area contributed by atoms with Crippen LogP contribution in [0.2, 0.25) is 0 Å². The Labute approximate surface area is 241 Å². The van der Waals surface area contributed by atoms with Crippen LogP contribution in [0.25, 0.3) is 0 Å². The molecule has 5 rings (SSSR count). The Morgan fingerprint density at radius 2 is 1.54 bits per heavy atom. The number of fused-ring (bicyclic) bond motifs is 1. The SMILES string of the molecule is O=S(=O)(C1CCCCC1C(F)(F)F)N1C/C=C\CN2C(C1)[C@H](C1CCC(C3CCCC(Cl)C3Cl)CC1)[C@H]2CO. The van der Waals surface area contributed by atoms with Crippen molar-refractivity contribution in [1.82, 2.24) is 9.21 Å². The molecule has 1 saturated heterocycles. The summed E-state index contributed by atoms with van der Waals surface area (Å²) in [5.41, 5.74) is 0. The van der Waals surface area contributed by atoms with E-state index in [9.17, 15) is 26.7 Å². The van der Waals surface area contributed by atoms with E-state index in [0.29, 0.717) is 37.1 Å². The molecule has 0 aromatic carbocycles. The molecule has 2 aliphatic heterocycles. The van der Waals surface area contributed by atoms with E-state index in [1.54, 1.807) is 6.08 Å². The second-order valence-electron chi connectivity index (χ2n) is 12.6. The molecule has 5 nitrogen and oxygen atoms in total. The van der Waals surface area contributed by atoms with Crippen LogP contribution in [0.3, 0.4) is 0 Å². The van der Waals surface area contributed by atoms with Crippen molar-refractivity contribution in [3.63, 3.8) is 0 Å². The van der Waals surface area contributed by atoms with Gasteiger partial charge < -0.3 is 5.11 Å². The quantitative estimate of drug-likeness (QED) is 0.314. The first-order valence-electron chi connectivity index (χ1n) is 14.9. The average molecular weight is 616 g/mol. The smallest absolute Gasteiger partial charge is 0.393 e. The fourth-order valence-electron chi connectivity index (χ4n) is 8.68. The second kappa shape index (κ2) is 12.3. The average Bonchev–Trinajstić information content (AvgIpc) is 2.89. The molecule has 5 aliphatic rings. The highest BCUT2D eigenvalue weighted by atomic mass is 35.5. The minimum atomic E-state index is -4.52. The lowest BCUT2D eigenvalue weighted by Crippen LogP contribution is -2.71. The maximum Gasteiger partial charge on any atom is 0.393 e. The van der Waals surface area contributed by atoms with Crippen molar-refractivity contribution < 1.29 is 26.7 Å². The van der Waals surface area contributed by atoms with Crippen molar-refractivity contribution in [2.75, 3.05) is 26.2 Å². The fourth-order valence-corrected chi connectivity index (χ4v) is 11.7. The van der Waals surface area contributed by atoms with Crippen LogP contribution in [0, 0.1) is 29.6 Å². The summed E-state index contributed by atoms with van der Waals surface area (Å²) in [6.07, 6.45) is 7.30. The number of sulfonamides is 1. The van der Waals surface area contributed by atoms with Gasteiger partial charge in [-0.25, -0.2) is 8.42 Å². The highest BCUT2D eigenvalue weighted by Crippen LogP contribution is 2.49. The van der Waals surface area contributed by atoms with E-state index in [1.807, 2.05) is 6.08 Å². The van der Waals surface area contributed by atoms with Gasteiger partial charge in [0.2, 0.25) is 10.0 Å². The van der Waals surface area contributed by atoms with Crippen LogP contribution in [0.5, 0.6) is 0 Å². The molecule has 0 aromatic rings. The molecule has 224 valence electrons. The maximum absolute atomic E-state index is 13.8. The van der Waals surface area contributed by atoms with Crippen molar-refractivity contribution in [1.29, 1.82) is 0 Å². The van der Waals surface area contributed by atoms with Crippen LogP contribution in [0.1, 0.15) is 70.6 Å². The molecule has 3 saturated carbocycles. The van der Waals surface area contributed by atoms with Gasteiger partial charge in [0, 0.05) is 31.7 Å². The van der Waals surface area contributed by atoms with Gasteiger partial charge >= 0.3 is 6.18 Å². The van der Waals surface area contributed by atoms with Gasteiger partial charge in [0.05, 0.1) is 28.5 Å². The zero-order valence-electron chi connectivity index (χ0n) is 22.5. The first-order chi connectivity index (χ1) is 18.5. The van der Waals surface area contributed by atoms with E-state index >= 15 is 0 Å². The molecule has 2 heterocycles. The Hall–Kier alpha value is -0.0600. The zero-order valence-corrected chi connectivity index (χ0v) is 24.8. The lowest BCUT2D eigenvalue weighted by molar-refractivity contribution is -0.180. The molecule has 0 aromatic heterocycles. The van der Waals surface area contributed by atoms with Crippen LogP contribution < -0.4 is 0 Å². The van der Waals surface area contributed by atoms with E-state index in [1.165, 1.54) is 4.31 Å². The lowest BCUT2D eigenvalue weighted by Gasteiger charge is -2.59. The van der Waals surface area contributed by atoms with E-state index in [-0.39, 0.29) is 61.3 Å².